The quantitative estimate of drug-likeness (QED) is 0.503. The van der Waals surface area contributed by atoms with Crippen LogP contribution in [0.5, 0.6) is 5.75 Å². The maximum Gasteiger partial charge on any atom is 0.238 e. The van der Waals surface area contributed by atoms with E-state index >= 15 is 0 Å². The van der Waals surface area contributed by atoms with Crippen LogP contribution in [0.15, 0.2) is 42.5 Å². The molecule has 2 aromatic rings. The zero-order chi connectivity index (χ0) is 15.2. The highest BCUT2D eigenvalue weighted by Gasteiger charge is 2.03. The molecule has 2 aromatic carbocycles. The van der Waals surface area contributed by atoms with E-state index in [4.69, 9.17) is 10.6 Å². The second-order valence-corrected chi connectivity index (χ2v) is 5.12. The number of hydrazine groups is 1. The van der Waals surface area contributed by atoms with Crippen LogP contribution >= 0.6 is 0 Å². The molecule has 1 amide bonds. The molecule has 0 saturated heterocycles. The third kappa shape index (κ3) is 4.33. The van der Waals surface area contributed by atoms with Gasteiger partial charge in [-0.05, 0) is 42.2 Å². The molecule has 0 aliphatic rings. The fourth-order valence-corrected chi connectivity index (χ4v) is 2.01. The minimum atomic E-state index is -0.200. The van der Waals surface area contributed by atoms with Crippen molar-refractivity contribution in [3.05, 3.63) is 64.7 Å². The molecule has 0 unspecified atom stereocenters. The summed E-state index contributed by atoms with van der Waals surface area (Å²) in [6.07, 6.45) is 0.286. The number of ether oxygens (including phenoxy) is 1. The number of benzene rings is 2. The predicted molar refractivity (Wildman–Crippen MR) is 82.7 cm³/mol. The number of carbonyl (C=O) groups excluding carboxylic acids is 1. The largest absolute Gasteiger partial charge is 0.489 e. The van der Waals surface area contributed by atoms with Gasteiger partial charge < -0.3 is 4.74 Å². The molecule has 0 aliphatic heterocycles. The minimum absolute atomic E-state index is 0.200. The van der Waals surface area contributed by atoms with Crippen LogP contribution in [0, 0.1) is 13.8 Å². The summed E-state index contributed by atoms with van der Waals surface area (Å²) in [7, 11) is 0. The highest BCUT2D eigenvalue weighted by molar-refractivity contribution is 5.77. The zero-order valence-electron chi connectivity index (χ0n) is 12.3. The summed E-state index contributed by atoms with van der Waals surface area (Å²) in [6.45, 7) is 4.58. The lowest BCUT2D eigenvalue weighted by Gasteiger charge is -2.10. The lowest BCUT2D eigenvalue weighted by atomic mass is 10.1. The van der Waals surface area contributed by atoms with E-state index in [1.165, 1.54) is 5.56 Å². The third-order valence-electron chi connectivity index (χ3n) is 3.29. The number of amides is 1. The van der Waals surface area contributed by atoms with Crippen LogP contribution in [0.25, 0.3) is 0 Å². The molecule has 2 rings (SSSR count). The molecule has 0 spiro atoms. The molecule has 0 heterocycles. The molecule has 4 nitrogen and oxygen atoms in total. The third-order valence-corrected chi connectivity index (χ3v) is 3.29. The maximum atomic E-state index is 11.2. The topological polar surface area (TPSA) is 64.3 Å². The van der Waals surface area contributed by atoms with E-state index < -0.39 is 0 Å². The second kappa shape index (κ2) is 6.90. The van der Waals surface area contributed by atoms with Crippen LogP contribution in [0.1, 0.15) is 22.3 Å². The second-order valence-electron chi connectivity index (χ2n) is 5.12. The van der Waals surface area contributed by atoms with Gasteiger partial charge in [-0.3, -0.25) is 10.2 Å². The van der Waals surface area contributed by atoms with Gasteiger partial charge in [0.2, 0.25) is 5.91 Å². The summed E-state index contributed by atoms with van der Waals surface area (Å²) in [4.78, 5) is 11.2. The van der Waals surface area contributed by atoms with Gasteiger partial charge in [0, 0.05) is 0 Å². The maximum absolute atomic E-state index is 11.2. The first-order valence-corrected chi connectivity index (χ1v) is 6.86. The van der Waals surface area contributed by atoms with E-state index in [1.54, 1.807) is 0 Å². The molecule has 4 heteroatoms. The predicted octanol–water partition coefficient (Wildman–Crippen LogP) is 2.41. The highest BCUT2D eigenvalue weighted by Crippen LogP contribution is 2.20. The van der Waals surface area contributed by atoms with Crippen LogP contribution in [0.2, 0.25) is 0 Å². The number of hydrogen-bond acceptors (Lipinski definition) is 3. The van der Waals surface area contributed by atoms with Gasteiger partial charge in [0.15, 0.2) is 0 Å². The number of nitrogens with two attached hydrogens (primary N) is 1. The van der Waals surface area contributed by atoms with Gasteiger partial charge >= 0.3 is 0 Å². The van der Waals surface area contributed by atoms with Crippen molar-refractivity contribution in [3.63, 3.8) is 0 Å². The molecule has 0 saturated carbocycles. The molecular weight excluding hydrogens is 264 g/mol. The molecular formula is C17H20N2O2. The van der Waals surface area contributed by atoms with Gasteiger partial charge in [-0.1, -0.05) is 36.4 Å². The standard InChI is InChI=1S/C17H20N2O2/c1-12-3-4-13(2)16(9-12)21-11-15-7-5-14(6-8-15)10-17(20)19-18/h3-9H,10-11,18H2,1-2H3,(H,19,20). The van der Waals surface area contributed by atoms with Gasteiger partial charge in [0.05, 0.1) is 6.42 Å². The van der Waals surface area contributed by atoms with Crippen LogP contribution in [0.3, 0.4) is 0 Å². The Morgan fingerprint density at radius 3 is 2.43 bits per heavy atom. The smallest absolute Gasteiger partial charge is 0.238 e. The summed E-state index contributed by atoms with van der Waals surface area (Å²) in [6, 6.07) is 13.9. The van der Waals surface area contributed by atoms with Gasteiger partial charge in [-0.15, -0.1) is 0 Å². The van der Waals surface area contributed by atoms with E-state index in [0.29, 0.717) is 6.61 Å². The van der Waals surface area contributed by atoms with Crippen molar-refractivity contribution in [1.29, 1.82) is 0 Å². The minimum Gasteiger partial charge on any atom is -0.489 e. The van der Waals surface area contributed by atoms with Crippen molar-refractivity contribution in [2.45, 2.75) is 26.9 Å². The van der Waals surface area contributed by atoms with Crippen molar-refractivity contribution < 1.29 is 9.53 Å². The van der Waals surface area contributed by atoms with Crippen molar-refractivity contribution in [2.75, 3.05) is 0 Å². The van der Waals surface area contributed by atoms with Crippen LogP contribution < -0.4 is 16.0 Å². The average Bonchev–Trinajstić information content (AvgIpc) is 2.49. The fraction of sp³-hybridized carbons (Fsp3) is 0.235. The summed E-state index contributed by atoms with van der Waals surface area (Å²) < 4.78 is 5.85. The van der Waals surface area contributed by atoms with E-state index in [2.05, 4.69) is 17.6 Å². The summed E-state index contributed by atoms with van der Waals surface area (Å²) in [5.74, 6) is 5.77. The van der Waals surface area contributed by atoms with Gasteiger partial charge in [-0.2, -0.15) is 0 Å². The van der Waals surface area contributed by atoms with Crippen LogP contribution in [-0.4, -0.2) is 5.91 Å². The number of aryl methyl sites for hydroxylation is 2. The average molecular weight is 284 g/mol. The monoisotopic (exact) mass is 284 g/mol. The Morgan fingerprint density at radius 2 is 1.76 bits per heavy atom. The van der Waals surface area contributed by atoms with Crippen molar-refractivity contribution >= 4 is 5.91 Å². The van der Waals surface area contributed by atoms with Gasteiger partial charge in [0.25, 0.3) is 0 Å². The van der Waals surface area contributed by atoms with Crippen LogP contribution in [0.4, 0.5) is 0 Å². The highest BCUT2D eigenvalue weighted by atomic mass is 16.5. The van der Waals surface area contributed by atoms with Crippen molar-refractivity contribution in [2.24, 2.45) is 5.84 Å². The van der Waals surface area contributed by atoms with E-state index in [9.17, 15) is 4.79 Å². The lowest BCUT2D eigenvalue weighted by molar-refractivity contribution is -0.120. The molecule has 21 heavy (non-hydrogen) atoms. The molecule has 110 valence electrons. The number of nitrogens with one attached hydrogen (secondary N) is 1. The van der Waals surface area contributed by atoms with Gasteiger partial charge in [-0.25, -0.2) is 5.84 Å². The van der Waals surface area contributed by atoms with E-state index in [1.807, 2.05) is 44.2 Å². The summed E-state index contributed by atoms with van der Waals surface area (Å²) in [5, 5.41) is 0. The summed E-state index contributed by atoms with van der Waals surface area (Å²) >= 11 is 0. The normalized spacial score (nSPS) is 10.2. The van der Waals surface area contributed by atoms with Crippen molar-refractivity contribution in [1.82, 2.24) is 5.43 Å². The summed E-state index contributed by atoms with van der Waals surface area (Å²) in [5.41, 5.74) is 6.41. The molecule has 0 aromatic heterocycles. The Bertz CT molecular complexity index is 621. The SMILES string of the molecule is Cc1ccc(C)c(OCc2ccc(CC(=O)NN)cc2)c1. The van der Waals surface area contributed by atoms with Crippen LogP contribution in [-0.2, 0) is 17.8 Å². The molecule has 0 bridgehead atoms. The first-order chi connectivity index (χ1) is 10.1. The number of rotatable bonds is 5. The van der Waals surface area contributed by atoms with E-state index in [0.717, 1.165) is 22.4 Å². The molecule has 0 fully saturated rings. The Morgan fingerprint density at radius 1 is 1.10 bits per heavy atom. The Hall–Kier alpha value is -2.33. The Balaban J connectivity index is 1.97. The molecule has 0 radical (unpaired) electrons. The first-order valence-electron chi connectivity index (χ1n) is 6.86. The zero-order valence-corrected chi connectivity index (χ0v) is 12.3. The number of hydrogen-bond donors (Lipinski definition) is 2. The van der Waals surface area contributed by atoms with E-state index in [-0.39, 0.29) is 12.3 Å². The van der Waals surface area contributed by atoms with Gasteiger partial charge in [0.1, 0.15) is 12.4 Å². The molecule has 0 aliphatic carbocycles. The first kappa shape index (κ1) is 15.1. The van der Waals surface area contributed by atoms with Crippen molar-refractivity contribution in [3.8, 4) is 5.75 Å². The molecule has 0 atom stereocenters. The fourth-order valence-electron chi connectivity index (χ4n) is 2.01. The number of carbonyl (C=O) groups is 1. The Labute approximate surface area is 124 Å². The lowest BCUT2D eigenvalue weighted by Crippen LogP contribution is -2.31. The molecule has 3 N–H and O–H groups in total. The Kier molecular flexibility index (Phi) is 4.95.